The highest BCUT2D eigenvalue weighted by Crippen LogP contribution is 2.47. The molecule has 0 atom stereocenters. The second kappa shape index (κ2) is 2.48. The quantitative estimate of drug-likeness (QED) is 0.612. The number of hydrogen-bond donors (Lipinski definition) is 0. The summed E-state index contributed by atoms with van der Waals surface area (Å²) in [5.74, 6) is 1.20. The van der Waals surface area contributed by atoms with Crippen molar-refractivity contribution in [2.24, 2.45) is 11.3 Å². The van der Waals surface area contributed by atoms with Gasteiger partial charge in [0.05, 0.1) is 0 Å². The Labute approximate surface area is 73.9 Å². The maximum absolute atomic E-state index is 11.7. The molecule has 0 N–H and O–H groups in total. The summed E-state index contributed by atoms with van der Waals surface area (Å²) in [7, 11) is 0. The third kappa shape index (κ3) is 1.13. The van der Waals surface area contributed by atoms with Crippen LogP contribution < -0.4 is 0 Å². The van der Waals surface area contributed by atoms with Crippen molar-refractivity contribution >= 4 is 5.91 Å². The van der Waals surface area contributed by atoms with E-state index < -0.39 is 0 Å². The zero-order valence-corrected chi connectivity index (χ0v) is 7.97. The van der Waals surface area contributed by atoms with Gasteiger partial charge in [-0.2, -0.15) is 0 Å². The van der Waals surface area contributed by atoms with Crippen molar-refractivity contribution in [1.82, 2.24) is 4.90 Å². The number of hydrogen-bond acceptors (Lipinski definition) is 1. The van der Waals surface area contributed by atoms with Crippen LogP contribution in [0.4, 0.5) is 0 Å². The van der Waals surface area contributed by atoms with E-state index in [9.17, 15) is 4.79 Å². The molecule has 68 valence electrons. The van der Waals surface area contributed by atoms with E-state index in [-0.39, 0.29) is 5.41 Å². The second-order valence-corrected chi connectivity index (χ2v) is 4.55. The smallest absolute Gasteiger partial charge is 0.228 e. The fourth-order valence-corrected chi connectivity index (χ4v) is 1.78. The van der Waals surface area contributed by atoms with Crippen LogP contribution in [-0.4, -0.2) is 23.9 Å². The molecule has 1 saturated heterocycles. The van der Waals surface area contributed by atoms with E-state index in [0.29, 0.717) is 5.91 Å². The van der Waals surface area contributed by atoms with Gasteiger partial charge in [-0.25, -0.2) is 0 Å². The van der Waals surface area contributed by atoms with Gasteiger partial charge in [0, 0.05) is 18.5 Å². The van der Waals surface area contributed by atoms with Crippen LogP contribution in [0.25, 0.3) is 0 Å². The SMILES string of the molecule is CCC1CN(C(=O)C2(C)CC2)C1. The van der Waals surface area contributed by atoms with Crippen LogP contribution in [0.2, 0.25) is 0 Å². The molecule has 2 aliphatic rings. The minimum Gasteiger partial charge on any atom is -0.342 e. The molecule has 0 aromatic rings. The van der Waals surface area contributed by atoms with Gasteiger partial charge in [-0.15, -0.1) is 0 Å². The molecule has 1 heterocycles. The lowest BCUT2D eigenvalue weighted by Crippen LogP contribution is -2.51. The first-order valence-electron chi connectivity index (χ1n) is 4.95. The van der Waals surface area contributed by atoms with Crippen molar-refractivity contribution in [2.45, 2.75) is 33.1 Å². The summed E-state index contributed by atoms with van der Waals surface area (Å²) < 4.78 is 0. The van der Waals surface area contributed by atoms with E-state index in [1.165, 1.54) is 6.42 Å². The molecule has 0 radical (unpaired) electrons. The van der Waals surface area contributed by atoms with Crippen molar-refractivity contribution in [3.05, 3.63) is 0 Å². The molecule has 1 aliphatic carbocycles. The van der Waals surface area contributed by atoms with Crippen LogP contribution >= 0.6 is 0 Å². The Hall–Kier alpha value is -0.530. The average molecular weight is 167 g/mol. The number of carbonyl (C=O) groups excluding carboxylic acids is 1. The van der Waals surface area contributed by atoms with Gasteiger partial charge in [0.2, 0.25) is 5.91 Å². The highest BCUT2D eigenvalue weighted by molar-refractivity contribution is 5.85. The van der Waals surface area contributed by atoms with E-state index in [1.54, 1.807) is 0 Å². The number of nitrogens with zero attached hydrogens (tertiary/aromatic N) is 1. The third-order valence-corrected chi connectivity index (χ3v) is 3.34. The molecule has 1 amide bonds. The predicted octanol–water partition coefficient (Wildman–Crippen LogP) is 1.65. The monoisotopic (exact) mass is 167 g/mol. The van der Waals surface area contributed by atoms with Gasteiger partial charge in [0.25, 0.3) is 0 Å². The molecule has 0 aromatic heterocycles. The molecular weight excluding hydrogens is 150 g/mol. The van der Waals surface area contributed by atoms with Gasteiger partial charge in [0.1, 0.15) is 0 Å². The highest BCUT2D eigenvalue weighted by Gasteiger charge is 2.49. The summed E-state index contributed by atoms with van der Waals surface area (Å²) in [6.45, 7) is 6.33. The molecular formula is C10H17NO. The summed E-state index contributed by atoms with van der Waals surface area (Å²) in [4.78, 5) is 13.7. The molecule has 0 unspecified atom stereocenters. The third-order valence-electron chi connectivity index (χ3n) is 3.34. The summed E-state index contributed by atoms with van der Waals surface area (Å²) in [5, 5.41) is 0. The minimum absolute atomic E-state index is 0.0543. The van der Waals surface area contributed by atoms with Crippen LogP contribution in [0.15, 0.2) is 0 Å². The number of likely N-dealkylation sites (tertiary alicyclic amines) is 1. The lowest BCUT2D eigenvalue weighted by molar-refractivity contribution is -0.142. The lowest BCUT2D eigenvalue weighted by Gasteiger charge is -2.40. The second-order valence-electron chi connectivity index (χ2n) is 4.55. The molecule has 0 spiro atoms. The normalized spacial score (nSPS) is 26.7. The molecule has 2 nitrogen and oxygen atoms in total. The average Bonchev–Trinajstić information content (AvgIpc) is 2.67. The summed E-state index contributed by atoms with van der Waals surface area (Å²) in [5.41, 5.74) is 0.0543. The Morgan fingerprint density at radius 1 is 1.50 bits per heavy atom. The molecule has 1 saturated carbocycles. The number of rotatable bonds is 2. The molecule has 2 fully saturated rings. The van der Waals surface area contributed by atoms with E-state index in [2.05, 4.69) is 13.8 Å². The molecule has 2 heteroatoms. The molecule has 12 heavy (non-hydrogen) atoms. The summed E-state index contributed by atoms with van der Waals surface area (Å²) in [6.07, 6.45) is 3.44. The first-order valence-corrected chi connectivity index (χ1v) is 4.95. The van der Waals surface area contributed by atoms with Crippen LogP contribution in [-0.2, 0) is 4.79 Å². The maximum Gasteiger partial charge on any atom is 0.228 e. The van der Waals surface area contributed by atoms with Crippen LogP contribution in [0, 0.1) is 11.3 Å². The van der Waals surface area contributed by atoms with Gasteiger partial charge < -0.3 is 4.90 Å². The maximum atomic E-state index is 11.7. The Balaban J connectivity index is 1.84. The van der Waals surface area contributed by atoms with E-state index >= 15 is 0 Å². The Bertz CT molecular complexity index is 202. The minimum atomic E-state index is 0.0543. The van der Waals surface area contributed by atoms with Crippen molar-refractivity contribution in [3.8, 4) is 0 Å². The zero-order chi connectivity index (χ0) is 8.77. The van der Waals surface area contributed by atoms with Gasteiger partial charge in [-0.3, -0.25) is 4.79 Å². The molecule has 0 aromatic carbocycles. The largest absolute Gasteiger partial charge is 0.342 e. The van der Waals surface area contributed by atoms with Crippen LogP contribution in [0.1, 0.15) is 33.1 Å². The van der Waals surface area contributed by atoms with E-state index in [0.717, 1.165) is 31.8 Å². The standard InChI is InChI=1S/C10H17NO/c1-3-8-6-11(7-8)9(12)10(2)4-5-10/h8H,3-7H2,1-2H3. The van der Waals surface area contributed by atoms with Crippen molar-refractivity contribution < 1.29 is 4.79 Å². The van der Waals surface area contributed by atoms with E-state index in [4.69, 9.17) is 0 Å². The van der Waals surface area contributed by atoms with Crippen molar-refractivity contribution in [3.63, 3.8) is 0 Å². The number of amides is 1. The van der Waals surface area contributed by atoms with E-state index in [1.807, 2.05) is 4.90 Å². The van der Waals surface area contributed by atoms with Crippen LogP contribution in [0.5, 0.6) is 0 Å². The summed E-state index contributed by atoms with van der Waals surface area (Å²) >= 11 is 0. The van der Waals surface area contributed by atoms with Crippen LogP contribution in [0.3, 0.4) is 0 Å². The predicted molar refractivity (Wildman–Crippen MR) is 47.7 cm³/mol. The number of carbonyl (C=O) groups is 1. The van der Waals surface area contributed by atoms with Gasteiger partial charge in [-0.1, -0.05) is 13.8 Å². The lowest BCUT2D eigenvalue weighted by atomic mass is 9.95. The van der Waals surface area contributed by atoms with Crippen molar-refractivity contribution in [2.75, 3.05) is 13.1 Å². The first-order chi connectivity index (χ1) is 5.65. The van der Waals surface area contributed by atoms with Gasteiger partial charge in [0.15, 0.2) is 0 Å². The van der Waals surface area contributed by atoms with Gasteiger partial charge >= 0.3 is 0 Å². The topological polar surface area (TPSA) is 20.3 Å². The van der Waals surface area contributed by atoms with Crippen molar-refractivity contribution in [1.29, 1.82) is 0 Å². The zero-order valence-electron chi connectivity index (χ0n) is 7.97. The Morgan fingerprint density at radius 2 is 2.08 bits per heavy atom. The highest BCUT2D eigenvalue weighted by atomic mass is 16.2. The Kier molecular flexibility index (Phi) is 1.67. The molecule has 2 rings (SSSR count). The first kappa shape index (κ1) is 8.09. The fourth-order valence-electron chi connectivity index (χ4n) is 1.78. The fraction of sp³-hybridized carbons (Fsp3) is 0.900. The van der Waals surface area contributed by atoms with Gasteiger partial charge in [-0.05, 0) is 25.2 Å². The molecule has 0 bridgehead atoms. The molecule has 1 aliphatic heterocycles. The summed E-state index contributed by atoms with van der Waals surface area (Å²) in [6, 6.07) is 0. The Morgan fingerprint density at radius 3 is 2.50 bits per heavy atom.